The Morgan fingerprint density at radius 3 is 2.89 bits per heavy atom. The lowest BCUT2D eigenvalue weighted by Crippen LogP contribution is -2.42. The van der Waals surface area contributed by atoms with Gasteiger partial charge >= 0.3 is 0 Å². The van der Waals surface area contributed by atoms with Crippen LogP contribution in [-0.2, 0) is 16.0 Å². The number of halogens is 1. The Bertz CT molecular complexity index is 544. The van der Waals surface area contributed by atoms with Crippen molar-refractivity contribution >= 4 is 11.8 Å². The van der Waals surface area contributed by atoms with E-state index >= 15 is 0 Å². The number of benzene rings is 1. The maximum atomic E-state index is 13.3. The van der Waals surface area contributed by atoms with E-state index in [1.54, 1.807) is 6.07 Å². The summed E-state index contributed by atoms with van der Waals surface area (Å²) >= 11 is 0. The largest absolute Gasteiger partial charge is 0.347 e. The Morgan fingerprint density at radius 1 is 1.32 bits per heavy atom. The maximum Gasteiger partial charge on any atom is 0.243 e. The zero-order chi connectivity index (χ0) is 13.4. The van der Waals surface area contributed by atoms with Crippen LogP contribution in [0.2, 0.25) is 0 Å². The molecule has 5 heteroatoms. The first-order valence-electron chi connectivity index (χ1n) is 6.51. The number of amides is 2. The monoisotopic (exact) mass is 262 g/mol. The molecule has 1 aliphatic carbocycles. The first kappa shape index (κ1) is 12.1. The summed E-state index contributed by atoms with van der Waals surface area (Å²) in [6.45, 7) is 0. The van der Waals surface area contributed by atoms with Crippen LogP contribution in [-0.4, -0.2) is 17.9 Å². The second kappa shape index (κ2) is 4.64. The lowest BCUT2D eigenvalue weighted by Gasteiger charge is -2.17. The number of rotatable bonds is 2. The van der Waals surface area contributed by atoms with Crippen LogP contribution in [0.3, 0.4) is 0 Å². The van der Waals surface area contributed by atoms with Gasteiger partial charge in [0, 0.05) is 6.42 Å². The van der Waals surface area contributed by atoms with Crippen LogP contribution < -0.4 is 10.6 Å². The third-order valence-corrected chi connectivity index (χ3v) is 3.81. The minimum Gasteiger partial charge on any atom is -0.347 e. The van der Waals surface area contributed by atoms with Gasteiger partial charge in [0.15, 0.2) is 0 Å². The Hall–Kier alpha value is -1.91. The summed E-state index contributed by atoms with van der Waals surface area (Å²) in [6, 6.07) is 4.12. The molecule has 2 atom stereocenters. The van der Waals surface area contributed by atoms with Crippen LogP contribution in [0.25, 0.3) is 0 Å². The molecule has 2 aliphatic rings. The molecule has 3 rings (SSSR count). The Morgan fingerprint density at radius 2 is 2.16 bits per heavy atom. The van der Waals surface area contributed by atoms with Crippen LogP contribution in [0.4, 0.5) is 4.39 Å². The summed E-state index contributed by atoms with van der Waals surface area (Å²) in [7, 11) is 0. The van der Waals surface area contributed by atoms with Crippen molar-refractivity contribution in [2.45, 2.75) is 37.8 Å². The van der Waals surface area contributed by atoms with Crippen molar-refractivity contribution in [2.24, 2.45) is 0 Å². The van der Waals surface area contributed by atoms with E-state index in [0.717, 1.165) is 24.0 Å². The molecule has 2 N–H and O–H groups in total. The van der Waals surface area contributed by atoms with Crippen molar-refractivity contribution in [2.75, 3.05) is 0 Å². The SMILES string of the molecule is O=C1CC[C@H](C(=O)N[C@@H]2CCc3ccc(F)cc32)N1. The minimum atomic E-state index is -0.440. The zero-order valence-electron chi connectivity index (χ0n) is 10.4. The fourth-order valence-electron chi connectivity index (χ4n) is 2.81. The quantitative estimate of drug-likeness (QED) is 0.841. The van der Waals surface area contributed by atoms with Gasteiger partial charge < -0.3 is 10.6 Å². The number of hydrogen-bond donors (Lipinski definition) is 2. The average molecular weight is 262 g/mol. The first-order chi connectivity index (χ1) is 9.13. The topological polar surface area (TPSA) is 58.2 Å². The molecule has 4 nitrogen and oxygen atoms in total. The fourth-order valence-corrected chi connectivity index (χ4v) is 2.81. The van der Waals surface area contributed by atoms with Gasteiger partial charge in [-0.05, 0) is 42.5 Å². The summed E-state index contributed by atoms with van der Waals surface area (Å²) in [6.07, 6.45) is 2.56. The minimum absolute atomic E-state index is 0.0852. The molecular formula is C14H15FN2O2. The molecule has 1 aromatic rings. The van der Waals surface area contributed by atoms with Crippen molar-refractivity contribution in [1.82, 2.24) is 10.6 Å². The predicted octanol–water partition coefficient (Wildman–Crippen LogP) is 1.21. The predicted molar refractivity (Wildman–Crippen MR) is 66.8 cm³/mol. The lowest BCUT2D eigenvalue weighted by molar-refractivity contribution is -0.126. The Balaban J connectivity index is 1.71. The number of aryl methyl sites for hydroxylation is 1. The number of nitrogens with one attached hydrogen (secondary N) is 2. The van der Waals surface area contributed by atoms with Gasteiger partial charge in [0.2, 0.25) is 11.8 Å². The smallest absolute Gasteiger partial charge is 0.243 e. The number of carbonyl (C=O) groups excluding carboxylic acids is 2. The van der Waals surface area contributed by atoms with Crippen molar-refractivity contribution in [3.63, 3.8) is 0 Å². The molecule has 0 spiro atoms. The van der Waals surface area contributed by atoms with E-state index in [4.69, 9.17) is 0 Å². The van der Waals surface area contributed by atoms with Crippen molar-refractivity contribution in [3.05, 3.63) is 35.1 Å². The summed E-state index contributed by atoms with van der Waals surface area (Å²) in [5.74, 6) is -0.542. The van der Waals surface area contributed by atoms with E-state index in [1.807, 2.05) is 0 Å². The molecule has 0 radical (unpaired) electrons. The van der Waals surface area contributed by atoms with Gasteiger partial charge in [-0.3, -0.25) is 9.59 Å². The molecule has 1 fully saturated rings. The van der Waals surface area contributed by atoms with Crippen molar-refractivity contribution in [3.8, 4) is 0 Å². The number of fused-ring (bicyclic) bond motifs is 1. The van der Waals surface area contributed by atoms with E-state index in [9.17, 15) is 14.0 Å². The summed E-state index contributed by atoms with van der Waals surface area (Å²) in [4.78, 5) is 23.1. The molecule has 1 heterocycles. The molecule has 19 heavy (non-hydrogen) atoms. The fraction of sp³-hybridized carbons (Fsp3) is 0.429. The maximum absolute atomic E-state index is 13.3. The van der Waals surface area contributed by atoms with E-state index in [0.29, 0.717) is 12.8 Å². The molecule has 0 bridgehead atoms. The lowest BCUT2D eigenvalue weighted by atomic mass is 10.1. The summed E-state index contributed by atoms with van der Waals surface area (Å²) < 4.78 is 13.3. The molecule has 0 saturated carbocycles. The highest BCUT2D eigenvalue weighted by atomic mass is 19.1. The standard InChI is InChI=1S/C14H15FN2O2/c15-9-3-1-8-2-4-11(10(8)7-9)17-14(19)12-5-6-13(18)16-12/h1,3,7,11-12H,2,4-6H2,(H,16,18)(H,17,19)/t11-,12-/m1/s1. The van der Waals surface area contributed by atoms with Gasteiger partial charge in [0.05, 0.1) is 6.04 Å². The van der Waals surface area contributed by atoms with Crippen LogP contribution in [0.5, 0.6) is 0 Å². The van der Waals surface area contributed by atoms with Crippen LogP contribution in [0.1, 0.15) is 36.4 Å². The molecule has 0 unspecified atom stereocenters. The Kier molecular flexibility index (Phi) is 2.97. The normalized spacial score (nSPS) is 25.0. The molecule has 100 valence electrons. The van der Waals surface area contributed by atoms with Crippen molar-refractivity contribution in [1.29, 1.82) is 0 Å². The number of hydrogen-bond acceptors (Lipinski definition) is 2. The van der Waals surface area contributed by atoms with E-state index in [2.05, 4.69) is 10.6 Å². The highest BCUT2D eigenvalue weighted by molar-refractivity contribution is 5.91. The summed E-state index contributed by atoms with van der Waals surface area (Å²) in [5.41, 5.74) is 1.94. The molecule has 0 aromatic heterocycles. The molecule has 1 saturated heterocycles. The average Bonchev–Trinajstić information content (AvgIpc) is 2.97. The van der Waals surface area contributed by atoms with E-state index in [-0.39, 0.29) is 23.7 Å². The molecule has 1 aliphatic heterocycles. The van der Waals surface area contributed by atoms with Gasteiger partial charge in [0.1, 0.15) is 11.9 Å². The van der Waals surface area contributed by atoms with E-state index in [1.165, 1.54) is 12.1 Å². The third kappa shape index (κ3) is 2.32. The number of carbonyl (C=O) groups is 2. The zero-order valence-corrected chi connectivity index (χ0v) is 10.4. The van der Waals surface area contributed by atoms with Crippen LogP contribution >= 0.6 is 0 Å². The van der Waals surface area contributed by atoms with Gasteiger partial charge in [-0.1, -0.05) is 6.07 Å². The molecular weight excluding hydrogens is 247 g/mol. The van der Waals surface area contributed by atoms with Gasteiger partial charge in [-0.2, -0.15) is 0 Å². The van der Waals surface area contributed by atoms with Gasteiger partial charge in [-0.15, -0.1) is 0 Å². The molecule has 2 amide bonds. The van der Waals surface area contributed by atoms with Crippen molar-refractivity contribution < 1.29 is 14.0 Å². The molecule has 1 aromatic carbocycles. The van der Waals surface area contributed by atoms with E-state index < -0.39 is 6.04 Å². The van der Waals surface area contributed by atoms with Crippen LogP contribution in [0.15, 0.2) is 18.2 Å². The second-order valence-corrected chi connectivity index (χ2v) is 5.10. The highest BCUT2D eigenvalue weighted by Crippen LogP contribution is 2.31. The first-order valence-corrected chi connectivity index (χ1v) is 6.51. The van der Waals surface area contributed by atoms with Crippen LogP contribution in [0, 0.1) is 5.82 Å². The Labute approximate surface area is 110 Å². The van der Waals surface area contributed by atoms with Gasteiger partial charge in [-0.25, -0.2) is 4.39 Å². The third-order valence-electron chi connectivity index (χ3n) is 3.81. The second-order valence-electron chi connectivity index (χ2n) is 5.10. The summed E-state index contributed by atoms with van der Waals surface area (Å²) in [5, 5.41) is 5.54. The highest BCUT2D eigenvalue weighted by Gasteiger charge is 2.31. The van der Waals surface area contributed by atoms with Gasteiger partial charge in [0.25, 0.3) is 0 Å².